The Morgan fingerprint density at radius 2 is 1.60 bits per heavy atom. The van der Waals surface area contributed by atoms with E-state index in [9.17, 15) is 0 Å². The van der Waals surface area contributed by atoms with Gasteiger partial charge in [0.25, 0.3) is 0 Å². The molecule has 0 N–H and O–H groups in total. The molecule has 20 heavy (non-hydrogen) atoms. The van der Waals surface area contributed by atoms with Gasteiger partial charge >= 0.3 is 0 Å². The summed E-state index contributed by atoms with van der Waals surface area (Å²) in [5, 5.41) is 0. The maximum atomic E-state index is 5.86. The van der Waals surface area contributed by atoms with Crippen molar-refractivity contribution in [1.29, 1.82) is 0 Å². The van der Waals surface area contributed by atoms with Crippen LogP contribution in [-0.4, -0.2) is 38.5 Å². The molecule has 0 bridgehead atoms. The monoisotopic (exact) mass is 299 g/mol. The molecule has 1 aliphatic rings. The van der Waals surface area contributed by atoms with Crippen LogP contribution < -0.4 is 0 Å². The molecule has 1 aromatic carbocycles. The predicted molar refractivity (Wildman–Crippen MR) is 84.1 cm³/mol. The Bertz CT molecular complexity index is 375. The summed E-state index contributed by atoms with van der Waals surface area (Å²) in [6, 6.07) is 10.9. The Labute approximate surface area is 128 Å². The van der Waals surface area contributed by atoms with Crippen molar-refractivity contribution in [2.45, 2.75) is 26.2 Å². The van der Waals surface area contributed by atoms with Crippen LogP contribution in [0.1, 0.15) is 25.5 Å². The molecule has 0 aromatic heterocycles. The average molecular weight is 300 g/mol. The van der Waals surface area contributed by atoms with E-state index in [1.54, 1.807) is 0 Å². The summed E-state index contributed by atoms with van der Waals surface area (Å²) in [5.74, 6) is 0.794. The summed E-state index contributed by atoms with van der Waals surface area (Å²) in [6.07, 6.45) is -0.0464. The van der Waals surface area contributed by atoms with Crippen LogP contribution in [0.2, 0.25) is 0 Å². The van der Waals surface area contributed by atoms with Gasteiger partial charge in [-0.3, -0.25) is 0 Å². The third-order valence-corrected chi connectivity index (χ3v) is 3.64. The van der Waals surface area contributed by atoms with Crippen LogP contribution in [0.25, 0.3) is 0 Å². The molecule has 0 aliphatic carbocycles. The molecule has 3 nitrogen and oxygen atoms in total. The third kappa shape index (κ3) is 4.19. The Morgan fingerprint density at radius 1 is 1.05 bits per heavy atom. The van der Waals surface area contributed by atoms with Crippen molar-refractivity contribution in [2.24, 2.45) is 11.8 Å². The van der Waals surface area contributed by atoms with E-state index in [1.165, 1.54) is 5.56 Å². The van der Waals surface area contributed by atoms with Crippen molar-refractivity contribution >= 4 is 12.4 Å². The first kappa shape index (κ1) is 17.4. The van der Waals surface area contributed by atoms with Crippen molar-refractivity contribution in [1.82, 2.24) is 4.90 Å². The zero-order chi connectivity index (χ0) is 13.8. The van der Waals surface area contributed by atoms with E-state index in [2.05, 4.69) is 63.2 Å². The SMILES string of the molecule is CC(C)C1OCC(C(c2ccccc2)N(C)C)CO1.Cl. The first-order valence-electron chi connectivity index (χ1n) is 7.04. The van der Waals surface area contributed by atoms with Gasteiger partial charge in [0.2, 0.25) is 0 Å². The van der Waals surface area contributed by atoms with Crippen LogP contribution in [0.4, 0.5) is 0 Å². The Balaban J connectivity index is 0.00000200. The van der Waals surface area contributed by atoms with E-state index >= 15 is 0 Å². The van der Waals surface area contributed by atoms with Gasteiger partial charge in [0.15, 0.2) is 6.29 Å². The number of rotatable bonds is 4. The summed E-state index contributed by atoms with van der Waals surface area (Å²) < 4.78 is 11.7. The van der Waals surface area contributed by atoms with Gasteiger partial charge in [0, 0.05) is 17.9 Å². The Kier molecular flexibility index (Phi) is 6.96. The van der Waals surface area contributed by atoms with Crippen molar-refractivity contribution < 1.29 is 9.47 Å². The highest BCUT2D eigenvalue weighted by Crippen LogP contribution is 2.31. The molecule has 1 fully saturated rings. The molecule has 1 atom stereocenters. The number of halogens is 1. The van der Waals surface area contributed by atoms with Gasteiger partial charge in [-0.2, -0.15) is 0 Å². The van der Waals surface area contributed by atoms with Crippen LogP contribution in [0, 0.1) is 11.8 Å². The zero-order valence-corrected chi connectivity index (χ0v) is 13.6. The second-order valence-electron chi connectivity index (χ2n) is 5.86. The quantitative estimate of drug-likeness (QED) is 0.851. The van der Waals surface area contributed by atoms with Gasteiger partial charge in [0.1, 0.15) is 0 Å². The Morgan fingerprint density at radius 3 is 2.05 bits per heavy atom. The van der Waals surface area contributed by atoms with Crippen LogP contribution in [0.3, 0.4) is 0 Å². The highest BCUT2D eigenvalue weighted by molar-refractivity contribution is 5.85. The smallest absolute Gasteiger partial charge is 0.159 e. The maximum Gasteiger partial charge on any atom is 0.159 e. The molecule has 2 rings (SSSR count). The van der Waals surface area contributed by atoms with E-state index < -0.39 is 0 Å². The van der Waals surface area contributed by atoms with Gasteiger partial charge in [-0.15, -0.1) is 12.4 Å². The minimum absolute atomic E-state index is 0. The molecule has 1 unspecified atom stereocenters. The van der Waals surface area contributed by atoms with Crippen molar-refractivity contribution in [2.75, 3.05) is 27.3 Å². The number of nitrogens with zero attached hydrogens (tertiary/aromatic N) is 1. The molecule has 114 valence electrons. The van der Waals surface area contributed by atoms with E-state index in [0.717, 1.165) is 13.2 Å². The predicted octanol–water partition coefficient (Wildman–Crippen LogP) is 3.36. The zero-order valence-electron chi connectivity index (χ0n) is 12.8. The third-order valence-electron chi connectivity index (χ3n) is 3.64. The Hall–Kier alpha value is -0.610. The minimum Gasteiger partial charge on any atom is -0.352 e. The fourth-order valence-corrected chi connectivity index (χ4v) is 2.74. The molecule has 0 amide bonds. The van der Waals surface area contributed by atoms with Crippen LogP contribution in [0.15, 0.2) is 30.3 Å². The lowest BCUT2D eigenvalue weighted by Gasteiger charge is -2.38. The number of ether oxygens (including phenoxy) is 2. The maximum absolute atomic E-state index is 5.86. The summed E-state index contributed by atoms with van der Waals surface area (Å²) in [4.78, 5) is 2.25. The molecule has 0 spiro atoms. The van der Waals surface area contributed by atoms with E-state index in [4.69, 9.17) is 9.47 Å². The van der Waals surface area contributed by atoms with E-state index in [0.29, 0.717) is 17.9 Å². The van der Waals surface area contributed by atoms with Gasteiger partial charge < -0.3 is 14.4 Å². The van der Waals surface area contributed by atoms with Gasteiger partial charge in [-0.1, -0.05) is 44.2 Å². The first-order valence-corrected chi connectivity index (χ1v) is 7.04. The summed E-state index contributed by atoms with van der Waals surface area (Å²) in [5.41, 5.74) is 1.33. The molecule has 1 saturated heterocycles. The molecule has 0 saturated carbocycles. The van der Waals surface area contributed by atoms with Crippen molar-refractivity contribution in [3.8, 4) is 0 Å². The lowest BCUT2D eigenvalue weighted by Crippen LogP contribution is -2.41. The van der Waals surface area contributed by atoms with Crippen molar-refractivity contribution in [3.63, 3.8) is 0 Å². The topological polar surface area (TPSA) is 21.7 Å². The van der Waals surface area contributed by atoms with Crippen LogP contribution in [0.5, 0.6) is 0 Å². The number of benzene rings is 1. The second kappa shape index (κ2) is 7.99. The molecule has 4 heteroatoms. The van der Waals surface area contributed by atoms with Crippen LogP contribution in [-0.2, 0) is 9.47 Å². The summed E-state index contributed by atoms with van der Waals surface area (Å²) in [7, 11) is 4.23. The summed E-state index contributed by atoms with van der Waals surface area (Å²) >= 11 is 0. The second-order valence-corrected chi connectivity index (χ2v) is 5.86. The molecule has 0 radical (unpaired) electrons. The van der Waals surface area contributed by atoms with Gasteiger partial charge in [-0.25, -0.2) is 0 Å². The number of hydrogen-bond donors (Lipinski definition) is 0. The molecule has 1 aromatic rings. The fourth-order valence-electron chi connectivity index (χ4n) is 2.74. The minimum atomic E-state index is -0.0464. The standard InChI is InChI=1S/C16H25NO2.ClH/c1-12(2)16-18-10-14(11-19-16)15(17(3)4)13-8-6-5-7-9-13;/h5-9,12,14-16H,10-11H2,1-4H3;1H. The lowest BCUT2D eigenvalue weighted by molar-refractivity contribution is -0.226. The largest absolute Gasteiger partial charge is 0.352 e. The highest BCUT2D eigenvalue weighted by Gasteiger charge is 2.31. The van der Waals surface area contributed by atoms with E-state index in [-0.39, 0.29) is 18.7 Å². The molecular formula is C16H26ClNO2. The fraction of sp³-hybridized carbons (Fsp3) is 0.625. The highest BCUT2D eigenvalue weighted by atomic mass is 35.5. The normalized spacial score (nSPS) is 24.5. The lowest BCUT2D eigenvalue weighted by atomic mass is 9.92. The van der Waals surface area contributed by atoms with Crippen LogP contribution >= 0.6 is 12.4 Å². The first-order chi connectivity index (χ1) is 9.09. The van der Waals surface area contributed by atoms with Crippen molar-refractivity contribution in [3.05, 3.63) is 35.9 Å². The molecule has 1 aliphatic heterocycles. The molecule has 1 heterocycles. The average Bonchev–Trinajstić information content (AvgIpc) is 2.40. The van der Waals surface area contributed by atoms with E-state index in [1.807, 2.05) is 0 Å². The number of hydrogen-bond acceptors (Lipinski definition) is 3. The summed E-state index contributed by atoms with van der Waals surface area (Å²) in [6.45, 7) is 5.79. The molecular weight excluding hydrogens is 274 g/mol. The van der Waals surface area contributed by atoms with Gasteiger partial charge in [0.05, 0.1) is 13.2 Å². The van der Waals surface area contributed by atoms with Gasteiger partial charge in [-0.05, 0) is 19.7 Å².